The molecule has 6 atom stereocenters. The van der Waals surface area contributed by atoms with E-state index in [1.807, 2.05) is 6.92 Å². The van der Waals surface area contributed by atoms with Crippen molar-refractivity contribution in [2.45, 2.75) is 86.5 Å². The highest BCUT2D eigenvalue weighted by molar-refractivity contribution is 5.98. The molecule has 1 saturated carbocycles. The Labute approximate surface area is 210 Å². The molecule has 0 aromatic carbocycles. The number of carboxylic acids is 2. The quantitative estimate of drug-likeness (QED) is 0.280. The van der Waals surface area contributed by atoms with Crippen molar-refractivity contribution in [3.63, 3.8) is 0 Å². The molecule has 0 saturated heterocycles. The lowest BCUT2D eigenvalue weighted by Gasteiger charge is -2.55. The van der Waals surface area contributed by atoms with Crippen molar-refractivity contribution in [3.8, 4) is 0 Å². The molecule has 0 aromatic rings. The van der Waals surface area contributed by atoms with Crippen molar-refractivity contribution in [1.82, 2.24) is 0 Å². The average Bonchev–Trinajstić information content (AvgIpc) is 3.04. The van der Waals surface area contributed by atoms with Crippen LogP contribution < -0.4 is 0 Å². The summed E-state index contributed by atoms with van der Waals surface area (Å²) in [5.74, 6) is -1.36. The van der Waals surface area contributed by atoms with Gasteiger partial charge in [-0.3, -0.25) is 9.59 Å². The van der Waals surface area contributed by atoms with Gasteiger partial charge in [0, 0.05) is 24.3 Å². The van der Waals surface area contributed by atoms with Gasteiger partial charge in [0.15, 0.2) is 5.78 Å². The van der Waals surface area contributed by atoms with Gasteiger partial charge in [-0.25, -0.2) is 4.79 Å². The molecule has 5 heteroatoms. The third-order valence-electron chi connectivity index (χ3n) is 10.2. The molecule has 0 heterocycles. The first-order valence-electron chi connectivity index (χ1n) is 12.9. The van der Waals surface area contributed by atoms with Crippen LogP contribution in [0.2, 0.25) is 0 Å². The van der Waals surface area contributed by atoms with Crippen LogP contribution >= 0.6 is 0 Å². The Hall–Kier alpha value is -2.43. The maximum atomic E-state index is 12.7. The zero-order valence-corrected chi connectivity index (χ0v) is 22.2. The Morgan fingerprint density at radius 3 is 2.40 bits per heavy atom. The molecule has 5 nitrogen and oxygen atoms in total. The smallest absolute Gasteiger partial charge is 0.331 e. The third kappa shape index (κ3) is 4.59. The van der Waals surface area contributed by atoms with Crippen LogP contribution in [0.4, 0.5) is 0 Å². The second-order valence-electron chi connectivity index (χ2n) is 12.1. The summed E-state index contributed by atoms with van der Waals surface area (Å²) in [7, 11) is 0. The molecule has 0 radical (unpaired) electrons. The monoisotopic (exact) mass is 482 g/mol. The fourth-order valence-electron chi connectivity index (χ4n) is 7.63. The van der Waals surface area contributed by atoms with Gasteiger partial charge in [0.1, 0.15) is 0 Å². The van der Waals surface area contributed by atoms with E-state index in [1.165, 1.54) is 24.1 Å². The van der Waals surface area contributed by atoms with E-state index in [9.17, 15) is 19.5 Å². The fraction of sp³-hybridized carbons (Fsp3) is 0.633. The number of allylic oxidation sites excluding steroid dienone is 6. The van der Waals surface area contributed by atoms with Gasteiger partial charge in [0.2, 0.25) is 0 Å². The molecule has 2 N–H and O–H groups in total. The molecule has 192 valence electrons. The average molecular weight is 483 g/mol. The van der Waals surface area contributed by atoms with Crippen molar-refractivity contribution in [2.24, 2.45) is 34.0 Å². The molecule has 0 aliphatic heterocycles. The van der Waals surface area contributed by atoms with Crippen LogP contribution in [-0.2, 0) is 14.4 Å². The van der Waals surface area contributed by atoms with Gasteiger partial charge in [-0.15, -0.1) is 0 Å². The molecule has 0 aromatic heterocycles. The summed E-state index contributed by atoms with van der Waals surface area (Å²) in [6, 6.07) is 0. The minimum Gasteiger partial charge on any atom is -0.481 e. The predicted molar refractivity (Wildman–Crippen MR) is 138 cm³/mol. The minimum absolute atomic E-state index is 0.0435. The number of ketones is 1. The van der Waals surface area contributed by atoms with Crippen molar-refractivity contribution in [2.75, 3.05) is 0 Å². The van der Waals surface area contributed by atoms with Crippen LogP contribution in [0.1, 0.15) is 86.5 Å². The van der Waals surface area contributed by atoms with Gasteiger partial charge < -0.3 is 10.2 Å². The maximum Gasteiger partial charge on any atom is 0.331 e. The Morgan fingerprint density at radius 2 is 1.83 bits per heavy atom. The molecule has 0 spiro atoms. The van der Waals surface area contributed by atoms with Crippen LogP contribution in [0.25, 0.3) is 0 Å². The van der Waals surface area contributed by atoms with Crippen molar-refractivity contribution >= 4 is 17.7 Å². The van der Waals surface area contributed by atoms with E-state index in [4.69, 9.17) is 5.11 Å². The van der Waals surface area contributed by atoms with Gasteiger partial charge in [0.25, 0.3) is 0 Å². The van der Waals surface area contributed by atoms with Crippen LogP contribution in [0.3, 0.4) is 0 Å². The zero-order valence-electron chi connectivity index (χ0n) is 22.2. The first-order valence-corrected chi connectivity index (χ1v) is 12.9. The normalized spacial score (nSPS) is 35.3. The summed E-state index contributed by atoms with van der Waals surface area (Å²) in [4.78, 5) is 35.3. The first kappa shape index (κ1) is 27.2. The molecule has 3 rings (SSSR count). The molecule has 0 amide bonds. The number of rotatable bonds is 9. The highest BCUT2D eigenvalue weighted by atomic mass is 16.4. The maximum absolute atomic E-state index is 12.7. The summed E-state index contributed by atoms with van der Waals surface area (Å²) in [6.07, 6.45) is 10.9. The highest BCUT2D eigenvalue weighted by Gasteiger charge is 2.58. The molecule has 0 unspecified atom stereocenters. The molecule has 1 fully saturated rings. The van der Waals surface area contributed by atoms with Gasteiger partial charge >= 0.3 is 11.9 Å². The molecule has 35 heavy (non-hydrogen) atoms. The number of aliphatic carboxylic acids is 2. The molecule has 0 bridgehead atoms. The number of carbonyl (C=O) groups excluding carboxylic acids is 1. The van der Waals surface area contributed by atoms with E-state index in [1.54, 1.807) is 0 Å². The van der Waals surface area contributed by atoms with Crippen LogP contribution in [-0.4, -0.2) is 27.9 Å². The molecule has 3 aliphatic rings. The number of hydrogen-bond acceptors (Lipinski definition) is 3. The number of fused-ring (bicyclic) bond motifs is 2. The fourth-order valence-corrected chi connectivity index (χ4v) is 7.63. The summed E-state index contributed by atoms with van der Waals surface area (Å²) in [5, 5.41) is 18.6. The molecular weight excluding hydrogens is 440 g/mol. The summed E-state index contributed by atoms with van der Waals surface area (Å²) < 4.78 is 0. The van der Waals surface area contributed by atoms with E-state index in [0.29, 0.717) is 18.8 Å². The lowest BCUT2D eigenvalue weighted by Crippen LogP contribution is -2.46. The van der Waals surface area contributed by atoms with Crippen molar-refractivity contribution in [1.29, 1.82) is 0 Å². The lowest BCUT2D eigenvalue weighted by molar-refractivity contribution is -0.138. The second-order valence-corrected chi connectivity index (χ2v) is 12.1. The lowest BCUT2D eigenvalue weighted by atomic mass is 9.49. The Morgan fingerprint density at radius 1 is 1.17 bits per heavy atom. The van der Waals surface area contributed by atoms with Crippen LogP contribution in [0.15, 0.2) is 47.1 Å². The van der Waals surface area contributed by atoms with Gasteiger partial charge in [-0.05, 0) is 85.7 Å². The van der Waals surface area contributed by atoms with Crippen LogP contribution in [0.5, 0.6) is 0 Å². The van der Waals surface area contributed by atoms with Gasteiger partial charge in [-0.2, -0.15) is 0 Å². The second kappa shape index (κ2) is 9.55. The standard InChI is InChI=1S/C30H42O5/c1-18(2)23-9-8-22-24(28(23,5)13-12-26(32)33)10-15-30(7)25(22)11-14-29(30,6)20(4)17-21(31)16-19(3)27(34)35/h8-9,16,20,23-24H,1,10-15,17H2,2-7H3,(H,32,33)(H,34,35)/t20-,23+,24-,28+,29+,30-/m1/s1. The molecular formula is C30H42O5. The number of hydrogen-bond donors (Lipinski definition) is 2. The zero-order chi connectivity index (χ0) is 26.3. The highest BCUT2D eigenvalue weighted by Crippen LogP contribution is 2.68. The summed E-state index contributed by atoms with van der Waals surface area (Å²) >= 11 is 0. The first-order chi connectivity index (χ1) is 16.2. The molecule has 3 aliphatic carbocycles. The summed E-state index contributed by atoms with van der Waals surface area (Å²) in [6.45, 7) is 16.8. The topological polar surface area (TPSA) is 91.7 Å². The van der Waals surface area contributed by atoms with Gasteiger partial charge in [0.05, 0.1) is 0 Å². The Balaban J connectivity index is 1.97. The van der Waals surface area contributed by atoms with Crippen molar-refractivity contribution < 1.29 is 24.6 Å². The summed E-state index contributed by atoms with van der Waals surface area (Å²) in [5.41, 5.74) is 3.73. The van der Waals surface area contributed by atoms with E-state index in [-0.39, 0.29) is 45.9 Å². The number of carboxylic acid groups (broad SMARTS) is 2. The van der Waals surface area contributed by atoms with E-state index >= 15 is 0 Å². The predicted octanol–water partition coefficient (Wildman–Crippen LogP) is 6.76. The Kier molecular flexibility index (Phi) is 7.41. The SMILES string of the molecule is C=C(C)[C@@H]1C=CC2=C3CC[C@@](C)([C@H](C)CC(=O)C=C(C)C(=O)O)[C@]3(C)CC[C@H]2[C@@]1(C)CCC(=O)O. The van der Waals surface area contributed by atoms with E-state index < -0.39 is 11.9 Å². The number of carbonyl (C=O) groups is 3. The Bertz CT molecular complexity index is 1030. The minimum atomic E-state index is -1.06. The van der Waals surface area contributed by atoms with Gasteiger partial charge in [-0.1, -0.05) is 57.6 Å². The van der Waals surface area contributed by atoms with E-state index in [2.05, 4.69) is 46.4 Å². The third-order valence-corrected chi connectivity index (χ3v) is 10.2. The largest absolute Gasteiger partial charge is 0.481 e. The van der Waals surface area contributed by atoms with Crippen molar-refractivity contribution in [3.05, 3.63) is 47.1 Å². The van der Waals surface area contributed by atoms with Crippen LogP contribution in [0, 0.1) is 34.0 Å². The van der Waals surface area contributed by atoms with E-state index in [0.717, 1.165) is 31.3 Å².